The number of furan rings is 1. The molecule has 0 bridgehead atoms. The lowest BCUT2D eigenvalue weighted by Crippen LogP contribution is -2.32. The summed E-state index contributed by atoms with van der Waals surface area (Å²) in [6.07, 6.45) is 0. The molecular formula is C43H26O2. The summed E-state index contributed by atoms with van der Waals surface area (Å²) in [7, 11) is 0. The van der Waals surface area contributed by atoms with Gasteiger partial charge in [0.15, 0.2) is 0 Å². The van der Waals surface area contributed by atoms with Crippen LogP contribution in [0, 0.1) is 0 Å². The Morgan fingerprint density at radius 3 is 1.64 bits per heavy atom. The van der Waals surface area contributed by atoms with Gasteiger partial charge in [-0.3, -0.25) is 0 Å². The summed E-state index contributed by atoms with van der Waals surface area (Å²) in [6.45, 7) is 0. The van der Waals surface area contributed by atoms with Crippen LogP contribution < -0.4 is 4.74 Å². The largest absolute Gasteiger partial charge is 0.457 e. The Labute approximate surface area is 260 Å². The van der Waals surface area contributed by atoms with E-state index in [1.807, 2.05) is 12.1 Å². The predicted molar refractivity (Wildman–Crippen MR) is 182 cm³/mol. The van der Waals surface area contributed by atoms with Crippen LogP contribution in [0.5, 0.6) is 11.5 Å². The molecule has 2 heteroatoms. The third-order valence-corrected chi connectivity index (χ3v) is 9.78. The fourth-order valence-electron chi connectivity index (χ4n) is 7.80. The molecule has 1 aliphatic carbocycles. The van der Waals surface area contributed by atoms with Crippen LogP contribution >= 0.6 is 0 Å². The molecule has 2 nitrogen and oxygen atoms in total. The van der Waals surface area contributed by atoms with Crippen molar-refractivity contribution in [2.75, 3.05) is 0 Å². The van der Waals surface area contributed by atoms with Crippen LogP contribution in [-0.4, -0.2) is 0 Å². The highest BCUT2D eigenvalue weighted by molar-refractivity contribution is 6.05. The van der Waals surface area contributed by atoms with Gasteiger partial charge in [-0.1, -0.05) is 127 Å². The van der Waals surface area contributed by atoms with Gasteiger partial charge in [-0.2, -0.15) is 0 Å². The molecule has 210 valence electrons. The highest BCUT2D eigenvalue weighted by atomic mass is 16.5. The third-order valence-electron chi connectivity index (χ3n) is 9.78. The number of hydrogen-bond donors (Lipinski definition) is 0. The van der Waals surface area contributed by atoms with Gasteiger partial charge in [0.05, 0.1) is 5.41 Å². The van der Waals surface area contributed by atoms with Gasteiger partial charge in [-0.15, -0.1) is 0 Å². The zero-order chi connectivity index (χ0) is 29.5. The molecule has 2 heterocycles. The van der Waals surface area contributed by atoms with Gasteiger partial charge in [0.2, 0.25) is 0 Å². The average Bonchev–Trinajstić information content (AvgIpc) is 3.62. The maximum absolute atomic E-state index is 6.70. The van der Waals surface area contributed by atoms with Crippen LogP contribution in [0.3, 0.4) is 0 Å². The van der Waals surface area contributed by atoms with Gasteiger partial charge < -0.3 is 9.15 Å². The number of hydrogen-bond acceptors (Lipinski definition) is 2. The molecule has 0 saturated carbocycles. The Balaban J connectivity index is 1.09. The molecule has 0 N–H and O–H groups in total. The molecule has 0 amide bonds. The van der Waals surface area contributed by atoms with E-state index in [2.05, 4.69) is 146 Å². The Kier molecular flexibility index (Phi) is 4.95. The second-order valence-electron chi connectivity index (χ2n) is 12.0. The van der Waals surface area contributed by atoms with Gasteiger partial charge in [0, 0.05) is 21.9 Å². The molecule has 45 heavy (non-hydrogen) atoms. The average molecular weight is 575 g/mol. The van der Waals surface area contributed by atoms with Gasteiger partial charge in [0.1, 0.15) is 22.7 Å². The second-order valence-corrected chi connectivity index (χ2v) is 12.0. The molecule has 10 rings (SSSR count). The van der Waals surface area contributed by atoms with Crippen LogP contribution in [0.2, 0.25) is 0 Å². The SMILES string of the molecule is c1ccc2c(c1)Oc1cc(-c3ccc(-c4ccc5c(c4)oc4ccccc45)cc3)ccc1C21c2ccccc2-c2ccccc21. The summed E-state index contributed by atoms with van der Waals surface area (Å²) in [5.74, 6) is 1.81. The Bertz CT molecular complexity index is 2420. The van der Waals surface area contributed by atoms with Gasteiger partial charge >= 0.3 is 0 Å². The number of benzene rings is 7. The fourth-order valence-corrected chi connectivity index (χ4v) is 7.80. The molecule has 0 saturated heterocycles. The summed E-state index contributed by atoms with van der Waals surface area (Å²) in [6, 6.07) is 56.4. The number of rotatable bonds is 2. The molecular weight excluding hydrogens is 548 g/mol. The van der Waals surface area contributed by atoms with E-state index in [0.717, 1.165) is 55.7 Å². The highest BCUT2D eigenvalue weighted by Gasteiger charge is 2.50. The lowest BCUT2D eigenvalue weighted by molar-refractivity contribution is 0.436. The van der Waals surface area contributed by atoms with E-state index < -0.39 is 5.41 Å². The lowest BCUT2D eigenvalue weighted by Gasteiger charge is -2.39. The minimum Gasteiger partial charge on any atom is -0.457 e. The smallest absolute Gasteiger partial charge is 0.136 e. The van der Waals surface area contributed by atoms with E-state index in [1.165, 1.54) is 33.4 Å². The van der Waals surface area contributed by atoms with E-state index in [9.17, 15) is 0 Å². The molecule has 0 unspecified atom stereocenters. The first-order valence-electron chi connectivity index (χ1n) is 15.4. The zero-order valence-corrected chi connectivity index (χ0v) is 24.3. The Morgan fingerprint density at radius 1 is 0.356 bits per heavy atom. The normalized spacial score (nSPS) is 13.7. The maximum atomic E-state index is 6.70. The first-order valence-corrected chi connectivity index (χ1v) is 15.4. The van der Waals surface area contributed by atoms with Crippen LogP contribution in [0.1, 0.15) is 22.3 Å². The van der Waals surface area contributed by atoms with Gasteiger partial charge in [-0.05, 0) is 74.8 Å². The standard InChI is InChI=1S/C43H26O2/c1-4-12-35-31(9-1)32-10-2-5-13-36(32)43(35)37-14-6-8-16-40(37)45-42-26-30(22-24-38(42)43)28-19-17-27(18-20-28)29-21-23-34-33-11-3-7-15-39(33)44-41(34)25-29/h1-26H. The molecule has 0 radical (unpaired) electrons. The minimum atomic E-state index is -0.435. The van der Waals surface area contributed by atoms with Crippen molar-refractivity contribution in [3.8, 4) is 44.9 Å². The molecule has 8 aromatic rings. The molecule has 0 fully saturated rings. The molecule has 0 atom stereocenters. The number of fused-ring (bicyclic) bond motifs is 12. The van der Waals surface area contributed by atoms with E-state index in [1.54, 1.807) is 0 Å². The Hall–Kier alpha value is -5.86. The third kappa shape index (κ3) is 3.34. The summed E-state index contributed by atoms with van der Waals surface area (Å²) < 4.78 is 12.9. The summed E-state index contributed by atoms with van der Waals surface area (Å²) in [5, 5.41) is 2.30. The minimum absolute atomic E-state index is 0.435. The summed E-state index contributed by atoms with van der Waals surface area (Å²) in [4.78, 5) is 0. The topological polar surface area (TPSA) is 22.4 Å². The van der Waals surface area contributed by atoms with Crippen molar-refractivity contribution in [3.63, 3.8) is 0 Å². The van der Waals surface area contributed by atoms with Gasteiger partial charge in [0.25, 0.3) is 0 Å². The maximum Gasteiger partial charge on any atom is 0.136 e. The van der Waals surface area contributed by atoms with Crippen molar-refractivity contribution in [2.24, 2.45) is 0 Å². The monoisotopic (exact) mass is 574 g/mol. The first kappa shape index (κ1) is 24.6. The van der Waals surface area contributed by atoms with Crippen molar-refractivity contribution in [2.45, 2.75) is 5.41 Å². The quantitative estimate of drug-likeness (QED) is 0.205. The van der Waals surface area contributed by atoms with Crippen molar-refractivity contribution in [1.82, 2.24) is 0 Å². The van der Waals surface area contributed by atoms with Crippen LogP contribution in [0.15, 0.2) is 162 Å². The fraction of sp³-hybridized carbons (Fsp3) is 0.0233. The van der Waals surface area contributed by atoms with Crippen molar-refractivity contribution >= 4 is 21.9 Å². The summed E-state index contributed by atoms with van der Waals surface area (Å²) in [5.41, 5.74) is 13.5. The van der Waals surface area contributed by atoms with Gasteiger partial charge in [-0.25, -0.2) is 0 Å². The number of para-hydroxylation sites is 2. The predicted octanol–water partition coefficient (Wildman–Crippen LogP) is 11.4. The molecule has 1 aliphatic heterocycles. The highest BCUT2D eigenvalue weighted by Crippen LogP contribution is 2.62. The second kappa shape index (κ2) is 9.07. The van der Waals surface area contributed by atoms with Crippen LogP contribution in [-0.2, 0) is 5.41 Å². The van der Waals surface area contributed by atoms with E-state index in [-0.39, 0.29) is 0 Å². The van der Waals surface area contributed by atoms with E-state index in [4.69, 9.17) is 9.15 Å². The first-order chi connectivity index (χ1) is 22.3. The van der Waals surface area contributed by atoms with Crippen molar-refractivity contribution < 1.29 is 9.15 Å². The lowest BCUT2D eigenvalue weighted by atomic mass is 9.66. The summed E-state index contributed by atoms with van der Waals surface area (Å²) >= 11 is 0. The van der Waals surface area contributed by atoms with Crippen molar-refractivity contribution in [3.05, 3.63) is 180 Å². The van der Waals surface area contributed by atoms with Crippen LogP contribution in [0.25, 0.3) is 55.3 Å². The molecule has 1 aromatic heterocycles. The number of ether oxygens (including phenoxy) is 1. The van der Waals surface area contributed by atoms with E-state index >= 15 is 0 Å². The van der Waals surface area contributed by atoms with Crippen molar-refractivity contribution in [1.29, 1.82) is 0 Å². The zero-order valence-electron chi connectivity index (χ0n) is 24.3. The molecule has 1 spiro atoms. The molecule has 7 aromatic carbocycles. The Morgan fingerprint density at radius 2 is 0.889 bits per heavy atom. The molecule has 2 aliphatic rings. The van der Waals surface area contributed by atoms with Crippen LogP contribution in [0.4, 0.5) is 0 Å². The van der Waals surface area contributed by atoms with E-state index in [0.29, 0.717) is 0 Å².